The minimum Gasteiger partial charge on any atom is -0.392 e. The highest BCUT2D eigenvalue weighted by Gasteiger charge is 2.24. The molecule has 2 unspecified atom stereocenters. The van der Waals surface area contributed by atoms with Crippen LogP contribution in [0.3, 0.4) is 0 Å². The van der Waals surface area contributed by atoms with Gasteiger partial charge in [0.2, 0.25) is 0 Å². The van der Waals surface area contributed by atoms with Crippen molar-refractivity contribution in [1.82, 2.24) is 9.55 Å². The highest BCUT2D eigenvalue weighted by atomic mass is 16.5. The second-order valence-corrected chi connectivity index (χ2v) is 5.92. The summed E-state index contributed by atoms with van der Waals surface area (Å²) in [6.07, 6.45) is 3.42. The van der Waals surface area contributed by atoms with Gasteiger partial charge in [-0.15, -0.1) is 0 Å². The van der Waals surface area contributed by atoms with Crippen LogP contribution in [0, 0.1) is 5.92 Å². The standard InChI is InChI=1S/C17H24N2O2/c1-2-9-19-15-8-4-3-7-14(15)18-17(19)11-16(20)13-6-5-10-21-12-13/h3-4,7-8,13,16,20H,2,5-6,9-12H2,1H3. The van der Waals surface area contributed by atoms with Gasteiger partial charge in [-0.05, 0) is 31.4 Å². The minimum atomic E-state index is -0.363. The summed E-state index contributed by atoms with van der Waals surface area (Å²) in [5, 5.41) is 10.5. The summed E-state index contributed by atoms with van der Waals surface area (Å²) in [5.41, 5.74) is 2.19. The number of nitrogens with zero attached hydrogens (tertiary/aromatic N) is 2. The SMILES string of the molecule is CCCn1c(CC(O)C2CCCOC2)nc2ccccc21. The second kappa shape index (κ2) is 6.58. The van der Waals surface area contributed by atoms with E-state index in [0.717, 1.165) is 43.8 Å². The van der Waals surface area contributed by atoms with Gasteiger partial charge in [-0.2, -0.15) is 0 Å². The summed E-state index contributed by atoms with van der Waals surface area (Å²) < 4.78 is 7.74. The van der Waals surface area contributed by atoms with Crippen LogP contribution in [-0.2, 0) is 17.7 Å². The van der Waals surface area contributed by atoms with Crippen molar-refractivity contribution in [2.75, 3.05) is 13.2 Å². The Morgan fingerprint density at radius 3 is 3.05 bits per heavy atom. The maximum absolute atomic E-state index is 10.5. The number of aryl methyl sites for hydroxylation is 1. The summed E-state index contributed by atoms with van der Waals surface area (Å²) >= 11 is 0. The number of aromatic nitrogens is 2. The average molecular weight is 288 g/mol. The predicted molar refractivity (Wildman–Crippen MR) is 83.3 cm³/mol. The highest BCUT2D eigenvalue weighted by molar-refractivity contribution is 5.75. The van der Waals surface area contributed by atoms with Gasteiger partial charge < -0.3 is 14.4 Å². The average Bonchev–Trinajstić information content (AvgIpc) is 2.86. The molecule has 0 aliphatic carbocycles. The summed E-state index contributed by atoms with van der Waals surface area (Å²) in [6, 6.07) is 8.21. The molecule has 1 N–H and O–H groups in total. The van der Waals surface area contributed by atoms with Crippen LogP contribution < -0.4 is 0 Å². The van der Waals surface area contributed by atoms with E-state index >= 15 is 0 Å². The van der Waals surface area contributed by atoms with Crippen molar-refractivity contribution in [2.45, 2.75) is 45.3 Å². The van der Waals surface area contributed by atoms with Crippen molar-refractivity contribution >= 4 is 11.0 Å². The number of benzene rings is 1. The number of imidazole rings is 1. The van der Waals surface area contributed by atoms with Crippen LogP contribution in [0.2, 0.25) is 0 Å². The lowest BCUT2D eigenvalue weighted by atomic mass is 9.94. The lowest BCUT2D eigenvalue weighted by Crippen LogP contribution is -2.31. The zero-order valence-corrected chi connectivity index (χ0v) is 12.7. The Morgan fingerprint density at radius 2 is 2.29 bits per heavy atom. The van der Waals surface area contributed by atoms with E-state index in [2.05, 4.69) is 17.6 Å². The number of rotatable bonds is 5. The van der Waals surface area contributed by atoms with Crippen LogP contribution in [0.25, 0.3) is 11.0 Å². The van der Waals surface area contributed by atoms with Crippen molar-refractivity contribution in [3.8, 4) is 0 Å². The van der Waals surface area contributed by atoms with E-state index in [9.17, 15) is 5.11 Å². The van der Waals surface area contributed by atoms with Gasteiger partial charge in [-0.1, -0.05) is 19.1 Å². The molecule has 2 heterocycles. The molecule has 1 saturated heterocycles. The largest absolute Gasteiger partial charge is 0.392 e. The molecule has 0 bridgehead atoms. The van der Waals surface area contributed by atoms with Gasteiger partial charge in [0.25, 0.3) is 0 Å². The number of hydrogen-bond acceptors (Lipinski definition) is 3. The molecule has 4 heteroatoms. The zero-order chi connectivity index (χ0) is 14.7. The number of hydrogen-bond donors (Lipinski definition) is 1. The molecule has 1 aliphatic heterocycles. The fourth-order valence-corrected chi connectivity index (χ4v) is 3.18. The van der Waals surface area contributed by atoms with Crippen molar-refractivity contribution in [3.05, 3.63) is 30.1 Å². The molecule has 114 valence electrons. The van der Waals surface area contributed by atoms with Crippen LogP contribution >= 0.6 is 0 Å². The van der Waals surface area contributed by atoms with E-state index in [0.29, 0.717) is 13.0 Å². The first kappa shape index (κ1) is 14.5. The molecule has 1 fully saturated rings. The maximum Gasteiger partial charge on any atom is 0.112 e. The van der Waals surface area contributed by atoms with E-state index in [1.807, 2.05) is 18.2 Å². The predicted octanol–water partition coefficient (Wildman–Crippen LogP) is 2.78. The van der Waals surface area contributed by atoms with Crippen molar-refractivity contribution in [3.63, 3.8) is 0 Å². The van der Waals surface area contributed by atoms with Gasteiger partial charge in [-0.25, -0.2) is 4.98 Å². The molecule has 0 amide bonds. The normalized spacial score (nSPS) is 20.8. The lowest BCUT2D eigenvalue weighted by molar-refractivity contribution is -0.00935. The molecule has 1 aromatic heterocycles. The Balaban J connectivity index is 1.83. The molecule has 1 aromatic carbocycles. The molecule has 2 aromatic rings. The third-order valence-corrected chi connectivity index (χ3v) is 4.31. The van der Waals surface area contributed by atoms with Gasteiger partial charge in [0, 0.05) is 25.5 Å². The summed E-state index contributed by atoms with van der Waals surface area (Å²) in [7, 11) is 0. The monoisotopic (exact) mass is 288 g/mol. The van der Waals surface area contributed by atoms with Crippen LogP contribution in [0.5, 0.6) is 0 Å². The van der Waals surface area contributed by atoms with Gasteiger partial charge in [0.1, 0.15) is 5.82 Å². The Kier molecular flexibility index (Phi) is 4.56. The molecule has 0 saturated carbocycles. The molecule has 1 aliphatic rings. The Morgan fingerprint density at radius 1 is 1.43 bits per heavy atom. The molecular formula is C17H24N2O2. The maximum atomic E-state index is 10.5. The summed E-state index contributed by atoms with van der Waals surface area (Å²) in [5.74, 6) is 1.24. The summed E-state index contributed by atoms with van der Waals surface area (Å²) in [6.45, 7) is 4.63. The van der Waals surface area contributed by atoms with Crippen molar-refractivity contribution in [1.29, 1.82) is 0 Å². The first-order chi connectivity index (χ1) is 10.3. The van der Waals surface area contributed by atoms with Crippen LogP contribution in [-0.4, -0.2) is 34.0 Å². The Bertz CT molecular complexity index is 587. The first-order valence-corrected chi connectivity index (χ1v) is 7.99. The van der Waals surface area contributed by atoms with Gasteiger partial charge >= 0.3 is 0 Å². The molecule has 3 rings (SSSR count). The van der Waals surface area contributed by atoms with Gasteiger partial charge in [0.15, 0.2) is 0 Å². The zero-order valence-electron chi connectivity index (χ0n) is 12.7. The first-order valence-electron chi connectivity index (χ1n) is 7.99. The lowest BCUT2D eigenvalue weighted by Gasteiger charge is -2.26. The summed E-state index contributed by atoms with van der Waals surface area (Å²) in [4.78, 5) is 4.73. The van der Waals surface area contributed by atoms with Crippen molar-refractivity contribution < 1.29 is 9.84 Å². The van der Waals surface area contributed by atoms with Crippen LogP contribution in [0.15, 0.2) is 24.3 Å². The molecular weight excluding hydrogens is 264 g/mol. The Labute approximate surface area is 125 Å². The third-order valence-electron chi connectivity index (χ3n) is 4.31. The van der Waals surface area contributed by atoms with Gasteiger partial charge in [0.05, 0.1) is 23.7 Å². The highest BCUT2D eigenvalue weighted by Crippen LogP contribution is 2.23. The smallest absolute Gasteiger partial charge is 0.112 e. The van der Waals surface area contributed by atoms with E-state index in [4.69, 9.17) is 9.72 Å². The third kappa shape index (κ3) is 3.11. The van der Waals surface area contributed by atoms with E-state index in [-0.39, 0.29) is 12.0 Å². The topological polar surface area (TPSA) is 47.3 Å². The fraction of sp³-hybridized carbons (Fsp3) is 0.588. The Hall–Kier alpha value is -1.39. The van der Waals surface area contributed by atoms with Crippen LogP contribution in [0.4, 0.5) is 0 Å². The van der Waals surface area contributed by atoms with Crippen LogP contribution in [0.1, 0.15) is 32.0 Å². The second-order valence-electron chi connectivity index (χ2n) is 5.92. The number of aliphatic hydroxyl groups excluding tert-OH is 1. The number of para-hydroxylation sites is 2. The number of ether oxygens (including phenoxy) is 1. The molecule has 0 radical (unpaired) electrons. The number of fused-ring (bicyclic) bond motifs is 1. The molecule has 21 heavy (non-hydrogen) atoms. The molecule has 2 atom stereocenters. The number of aliphatic hydroxyl groups is 1. The van der Waals surface area contributed by atoms with E-state index < -0.39 is 0 Å². The molecule has 0 spiro atoms. The quantitative estimate of drug-likeness (QED) is 0.920. The molecule has 4 nitrogen and oxygen atoms in total. The van der Waals surface area contributed by atoms with E-state index in [1.165, 1.54) is 5.52 Å². The van der Waals surface area contributed by atoms with E-state index in [1.54, 1.807) is 0 Å². The minimum absolute atomic E-state index is 0.244. The van der Waals surface area contributed by atoms with Crippen molar-refractivity contribution in [2.24, 2.45) is 5.92 Å². The van der Waals surface area contributed by atoms with Gasteiger partial charge in [-0.3, -0.25) is 0 Å². The fourth-order valence-electron chi connectivity index (χ4n) is 3.18.